The van der Waals surface area contributed by atoms with E-state index in [0.717, 1.165) is 17.7 Å². The molecule has 0 saturated heterocycles. The zero-order chi connectivity index (χ0) is 18.2. The minimum absolute atomic E-state index is 0.0350. The van der Waals surface area contributed by atoms with Crippen LogP contribution in [0.15, 0.2) is 42.5 Å². The van der Waals surface area contributed by atoms with Crippen LogP contribution in [-0.2, 0) is 17.8 Å². The third-order valence-corrected chi connectivity index (χ3v) is 3.96. The van der Waals surface area contributed by atoms with Gasteiger partial charge in [-0.25, -0.2) is 0 Å². The first-order valence-electron chi connectivity index (χ1n) is 8.34. The van der Waals surface area contributed by atoms with E-state index in [0.29, 0.717) is 24.6 Å². The first kappa shape index (κ1) is 18.8. The van der Waals surface area contributed by atoms with Crippen molar-refractivity contribution in [2.75, 3.05) is 33.1 Å². The number of carbonyl (C=O) groups is 1. The first-order valence-corrected chi connectivity index (χ1v) is 8.34. The molecule has 0 bridgehead atoms. The van der Waals surface area contributed by atoms with Gasteiger partial charge in [-0.2, -0.15) is 0 Å². The highest BCUT2D eigenvalue weighted by Crippen LogP contribution is 2.27. The maximum absolute atomic E-state index is 12.2. The summed E-state index contributed by atoms with van der Waals surface area (Å²) in [6, 6.07) is 13.7. The molecule has 25 heavy (non-hydrogen) atoms. The number of benzene rings is 2. The van der Waals surface area contributed by atoms with Gasteiger partial charge in [0, 0.05) is 12.2 Å². The van der Waals surface area contributed by atoms with E-state index in [1.54, 1.807) is 14.2 Å². The normalized spacial score (nSPS) is 10.6. The number of rotatable bonds is 8. The smallest absolute Gasteiger partial charge is 0.238 e. The van der Waals surface area contributed by atoms with Gasteiger partial charge < -0.3 is 14.8 Å². The van der Waals surface area contributed by atoms with Gasteiger partial charge in [0.25, 0.3) is 0 Å². The third kappa shape index (κ3) is 5.50. The Morgan fingerprint density at radius 3 is 2.24 bits per heavy atom. The molecule has 0 unspecified atom stereocenters. The second kappa shape index (κ2) is 9.08. The van der Waals surface area contributed by atoms with Crippen molar-refractivity contribution < 1.29 is 14.3 Å². The Labute approximate surface area is 149 Å². The number of anilines is 1. The van der Waals surface area contributed by atoms with Gasteiger partial charge in [-0.1, -0.05) is 25.1 Å². The summed E-state index contributed by atoms with van der Waals surface area (Å²) in [5.74, 6) is 1.35. The van der Waals surface area contributed by atoms with Crippen LogP contribution in [0.25, 0.3) is 0 Å². The molecule has 0 heterocycles. The quantitative estimate of drug-likeness (QED) is 0.799. The lowest BCUT2D eigenvalue weighted by Gasteiger charge is -2.17. The number of carbonyl (C=O) groups excluding carboxylic acids is 1. The summed E-state index contributed by atoms with van der Waals surface area (Å²) >= 11 is 0. The van der Waals surface area contributed by atoms with Gasteiger partial charge in [0.1, 0.15) is 0 Å². The average Bonchev–Trinajstić information content (AvgIpc) is 2.62. The molecule has 2 rings (SSSR count). The fourth-order valence-corrected chi connectivity index (χ4v) is 2.62. The predicted molar refractivity (Wildman–Crippen MR) is 100 cm³/mol. The van der Waals surface area contributed by atoms with E-state index in [9.17, 15) is 4.79 Å². The van der Waals surface area contributed by atoms with Gasteiger partial charge in [-0.3, -0.25) is 9.69 Å². The van der Waals surface area contributed by atoms with E-state index < -0.39 is 0 Å². The van der Waals surface area contributed by atoms with Crippen molar-refractivity contribution in [3.63, 3.8) is 0 Å². The van der Waals surface area contributed by atoms with Crippen LogP contribution in [0.2, 0.25) is 0 Å². The lowest BCUT2D eigenvalue weighted by molar-refractivity contribution is -0.117. The second-order valence-corrected chi connectivity index (χ2v) is 5.96. The number of nitrogens with zero attached hydrogens (tertiary/aromatic N) is 1. The molecule has 0 aliphatic heterocycles. The fraction of sp³-hybridized carbons (Fsp3) is 0.350. The number of amides is 1. The van der Waals surface area contributed by atoms with Crippen LogP contribution in [0.5, 0.6) is 11.5 Å². The number of hydrogen-bond donors (Lipinski definition) is 1. The van der Waals surface area contributed by atoms with Crippen LogP contribution in [0, 0.1) is 0 Å². The number of aryl methyl sites for hydroxylation is 1. The summed E-state index contributed by atoms with van der Waals surface area (Å²) in [5, 5.41) is 2.93. The molecule has 0 aliphatic carbocycles. The topological polar surface area (TPSA) is 50.8 Å². The van der Waals surface area contributed by atoms with Crippen LogP contribution >= 0.6 is 0 Å². The minimum Gasteiger partial charge on any atom is -0.493 e. The lowest BCUT2D eigenvalue weighted by Crippen LogP contribution is -2.29. The van der Waals surface area contributed by atoms with Crippen molar-refractivity contribution in [1.29, 1.82) is 0 Å². The van der Waals surface area contributed by atoms with Gasteiger partial charge in [-0.05, 0) is 48.9 Å². The van der Waals surface area contributed by atoms with E-state index in [2.05, 4.69) is 12.2 Å². The summed E-state index contributed by atoms with van der Waals surface area (Å²) in [7, 11) is 5.14. The van der Waals surface area contributed by atoms with E-state index in [-0.39, 0.29) is 5.91 Å². The molecule has 5 heteroatoms. The standard InChI is InChI=1S/C20H26N2O3/c1-5-15-6-9-17(10-7-15)21-20(23)14-22(2)13-16-8-11-18(24-3)19(12-16)25-4/h6-12H,5,13-14H2,1-4H3,(H,21,23). The van der Waals surface area contributed by atoms with Crippen molar-refractivity contribution in [2.24, 2.45) is 0 Å². The van der Waals surface area contributed by atoms with Crippen molar-refractivity contribution >= 4 is 11.6 Å². The molecule has 0 atom stereocenters. The number of likely N-dealkylation sites (N-methyl/N-ethyl adjacent to an activating group) is 1. The highest BCUT2D eigenvalue weighted by molar-refractivity contribution is 5.92. The Balaban J connectivity index is 1.90. The average molecular weight is 342 g/mol. The molecule has 0 spiro atoms. The monoisotopic (exact) mass is 342 g/mol. The van der Waals surface area contributed by atoms with Gasteiger partial charge in [0.05, 0.1) is 20.8 Å². The molecule has 0 aromatic heterocycles. The molecule has 1 N–H and O–H groups in total. The van der Waals surface area contributed by atoms with E-state index in [1.165, 1.54) is 5.56 Å². The van der Waals surface area contributed by atoms with Gasteiger partial charge in [0.15, 0.2) is 11.5 Å². The number of ether oxygens (including phenoxy) is 2. The molecule has 5 nitrogen and oxygen atoms in total. The second-order valence-electron chi connectivity index (χ2n) is 5.96. The first-order chi connectivity index (χ1) is 12.0. The van der Waals surface area contributed by atoms with Crippen LogP contribution in [0.1, 0.15) is 18.1 Å². The highest BCUT2D eigenvalue weighted by atomic mass is 16.5. The molecule has 0 saturated carbocycles. The molecule has 0 aliphatic rings. The predicted octanol–water partition coefficient (Wildman–Crippen LogP) is 3.34. The SMILES string of the molecule is CCc1ccc(NC(=O)CN(C)Cc2ccc(OC)c(OC)c2)cc1. The van der Waals surface area contributed by atoms with E-state index in [1.807, 2.05) is 54.4 Å². The van der Waals surface area contributed by atoms with Crippen LogP contribution < -0.4 is 14.8 Å². The highest BCUT2D eigenvalue weighted by Gasteiger charge is 2.10. The fourth-order valence-electron chi connectivity index (χ4n) is 2.62. The summed E-state index contributed by atoms with van der Waals surface area (Å²) in [6.07, 6.45) is 0.988. The number of nitrogens with one attached hydrogen (secondary N) is 1. The Morgan fingerprint density at radius 2 is 1.64 bits per heavy atom. The molecular weight excluding hydrogens is 316 g/mol. The van der Waals surface area contributed by atoms with Gasteiger partial charge in [0.2, 0.25) is 5.91 Å². The Bertz CT molecular complexity index is 699. The number of methoxy groups -OCH3 is 2. The zero-order valence-corrected chi connectivity index (χ0v) is 15.3. The summed E-state index contributed by atoms with van der Waals surface area (Å²) in [4.78, 5) is 14.1. The summed E-state index contributed by atoms with van der Waals surface area (Å²) in [6.45, 7) is 3.06. The molecule has 134 valence electrons. The van der Waals surface area contributed by atoms with Crippen LogP contribution in [0.3, 0.4) is 0 Å². The van der Waals surface area contributed by atoms with Gasteiger partial charge in [-0.15, -0.1) is 0 Å². The minimum atomic E-state index is -0.0350. The molecule has 1 amide bonds. The van der Waals surface area contributed by atoms with E-state index in [4.69, 9.17) is 9.47 Å². The molecular formula is C20H26N2O3. The van der Waals surface area contributed by atoms with Crippen molar-refractivity contribution in [1.82, 2.24) is 4.90 Å². The molecule has 0 radical (unpaired) electrons. The van der Waals surface area contributed by atoms with Crippen LogP contribution in [-0.4, -0.2) is 38.6 Å². The third-order valence-electron chi connectivity index (χ3n) is 3.96. The zero-order valence-electron chi connectivity index (χ0n) is 15.3. The molecule has 2 aromatic carbocycles. The summed E-state index contributed by atoms with van der Waals surface area (Å²) in [5.41, 5.74) is 3.13. The van der Waals surface area contributed by atoms with E-state index >= 15 is 0 Å². The largest absolute Gasteiger partial charge is 0.493 e. The lowest BCUT2D eigenvalue weighted by atomic mass is 10.1. The van der Waals surface area contributed by atoms with Crippen LogP contribution in [0.4, 0.5) is 5.69 Å². The Hall–Kier alpha value is -2.53. The van der Waals surface area contributed by atoms with Crippen molar-refractivity contribution in [2.45, 2.75) is 19.9 Å². The van der Waals surface area contributed by atoms with Crippen molar-refractivity contribution in [3.8, 4) is 11.5 Å². The molecule has 0 fully saturated rings. The van der Waals surface area contributed by atoms with Gasteiger partial charge >= 0.3 is 0 Å². The maximum Gasteiger partial charge on any atom is 0.238 e. The Morgan fingerprint density at radius 1 is 1.00 bits per heavy atom. The summed E-state index contributed by atoms with van der Waals surface area (Å²) < 4.78 is 10.6. The number of hydrogen-bond acceptors (Lipinski definition) is 4. The van der Waals surface area contributed by atoms with Crippen molar-refractivity contribution in [3.05, 3.63) is 53.6 Å². The molecule has 2 aromatic rings. The maximum atomic E-state index is 12.2. The Kier molecular flexibility index (Phi) is 6.83.